The molecule has 1 aromatic heterocycles. The van der Waals surface area contributed by atoms with Crippen molar-refractivity contribution < 1.29 is 17.9 Å². The minimum Gasteiger partial charge on any atom is -0.494 e. The molecule has 10 nitrogen and oxygen atoms in total. The monoisotopic (exact) mass is 560 g/mol. The van der Waals surface area contributed by atoms with Gasteiger partial charge >= 0.3 is 0 Å². The minimum absolute atomic E-state index is 0.0915. The van der Waals surface area contributed by atoms with E-state index in [1.54, 1.807) is 25.3 Å². The Kier molecular flexibility index (Phi) is 8.61. The lowest BCUT2D eigenvalue weighted by Gasteiger charge is -2.29. The van der Waals surface area contributed by atoms with Gasteiger partial charge in [0, 0.05) is 31.4 Å². The summed E-state index contributed by atoms with van der Waals surface area (Å²) in [4.78, 5) is 11.1. The lowest BCUT2D eigenvalue weighted by Crippen LogP contribution is -2.36. The SMILES string of the molecule is COc1cc(N2CCOCC2)ccc1Nc1ncc(Cl)c(Nc2ccccc2S(=O)(=O)NCC(C)(C)C)n1. The van der Waals surface area contributed by atoms with Crippen molar-refractivity contribution in [1.29, 1.82) is 0 Å². The molecule has 3 aromatic rings. The molecular formula is C26H33ClN6O4S. The van der Waals surface area contributed by atoms with Crippen LogP contribution in [-0.2, 0) is 14.8 Å². The lowest BCUT2D eigenvalue weighted by molar-refractivity contribution is 0.122. The minimum atomic E-state index is -3.78. The fraction of sp³-hybridized carbons (Fsp3) is 0.385. The summed E-state index contributed by atoms with van der Waals surface area (Å²) < 4.78 is 39.8. The van der Waals surface area contributed by atoms with Crippen LogP contribution in [0.3, 0.4) is 0 Å². The van der Waals surface area contributed by atoms with Crippen molar-refractivity contribution in [3.8, 4) is 5.75 Å². The molecule has 0 saturated carbocycles. The molecule has 2 aromatic carbocycles. The van der Waals surface area contributed by atoms with Crippen molar-refractivity contribution in [3.05, 3.63) is 53.7 Å². The van der Waals surface area contributed by atoms with Gasteiger partial charge in [-0.3, -0.25) is 0 Å². The Balaban J connectivity index is 1.56. The highest BCUT2D eigenvalue weighted by molar-refractivity contribution is 7.89. The van der Waals surface area contributed by atoms with Crippen LogP contribution in [0.5, 0.6) is 5.75 Å². The van der Waals surface area contributed by atoms with Crippen molar-refractivity contribution >= 4 is 50.5 Å². The Labute approximate surface area is 228 Å². The molecule has 38 heavy (non-hydrogen) atoms. The molecular weight excluding hydrogens is 528 g/mol. The zero-order valence-electron chi connectivity index (χ0n) is 21.9. The predicted octanol–water partition coefficient (Wildman–Crippen LogP) is 4.79. The number of ether oxygens (including phenoxy) is 2. The highest BCUT2D eigenvalue weighted by Gasteiger charge is 2.22. The van der Waals surface area contributed by atoms with E-state index < -0.39 is 10.0 Å². The number of nitrogens with one attached hydrogen (secondary N) is 3. The molecule has 4 rings (SSSR count). The number of halogens is 1. The molecule has 0 atom stereocenters. The third-order valence-electron chi connectivity index (χ3n) is 5.77. The fourth-order valence-electron chi connectivity index (χ4n) is 3.76. The first-order valence-electron chi connectivity index (χ1n) is 12.2. The summed E-state index contributed by atoms with van der Waals surface area (Å²) in [5.74, 6) is 1.15. The van der Waals surface area contributed by atoms with Crippen LogP contribution < -0.4 is 25.0 Å². The van der Waals surface area contributed by atoms with Gasteiger partial charge in [0.2, 0.25) is 16.0 Å². The maximum atomic E-state index is 13.0. The van der Waals surface area contributed by atoms with Crippen molar-refractivity contribution in [1.82, 2.24) is 14.7 Å². The second-order valence-corrected chi connectivity index (χ2v) is 12.1. The number of nitrogens with zero attached hydrogens (tertiary/aromatic N) is 3. The predicted molar refractivity (Wildman–Crippen MR) is 151 cm³/mol. The summed E-state index contributed by atoms with van der Waals surface area (Å²) in [6.07, 6.45) is 1.45. The normalized spacial score (nSPS) is 14.3. The Bertz CT molecular complexity index is 1370. The van der Waals surface area contributed by atoms with E-state index in [1.165, 1.54) is 12.3 Å². The number of hydrogen-bond donors (Lipinski definition) is 3. The summed E-state index contributed by atoms with van der Waals surface area (Å²) in [7, 11) is -2.18. The quantitative estimate of drug-likeness (QED) is 0.339. The number of aromatic nitrogens is 2. The van der Waals surface area contributed by atoms with Gasteiger partial charge in [-0.05, 0) is 29.7 Å². The van der Waals surface area contributed by atoms with Gasteiger partial charge < -0.3 is 25.0 Å². The van der Waals surface area contributed by atoms with E-state index >= 15 is 0 Å². The molecule has 1 fully saturated rings. The molecule has 0 unspecified atom stereocenters. The van der Waals surface area contributed by atoms with E-state index in [9.17, 15) is 8.42 Å². The summed E-state index contributed by atoms with van der Waals surface area (Å²) in [5, 5.41) is 6.46. The van der Waals surface area contributed by atoms with E-state index in [1.807, 2.05) is 39.0 Å². The Hall–Kier alpha value is -3.12. The van der Waals surface area contributed by atoms with Gasteiger partial charge in [0.15, 0.2) is 5.82 Å². The van der Waals surface area contributed by atoms with Crippen LogP contribution in [-0.4, -0.2) is 58.3 Å². The number of para-hydroxylation sites is 1. The summed E-state index contributed by atoms with van der Waals surface area (Å²) in [6, 6.07) is 12.4. The molecule has 204 valence electrons. The number of benzene rings is 2. The van der Waals surface area contributed by atoms with Crippen molar-refractivity contribution in [2.24, 2.45) is 5.41 Å². The number of sulfonamides is 1. The highest BCUT2D eigenvalue weighted by atomic mass is 35.5. The van der Waals surface area contributed by atoms with E-state index in [0.29, 0.717) is 30.3 Å². The molecule has 0 amide bonds. The number of methoxy groups -OCH3 is 1. The van der Waals surface area contributed by atoms with Crippen LogP contribution in [0.15, 0.2) is 53.6 Å². The maximum absolute atomic E-state index is 13.0. The molecule has 3 N–H and O–H groups in total. The van der Waals surface area contributed by atoms with Gasteiger partial charge in [-0.25, -0.2) is 18.1 Å². The molecule has 0 spiro atoms. The second kappa shape index (κ2) is 11.7. The van der Waals surface area contributed by atoms with Crippen LogP contribution in [0.4, 0.5) is 28.8 Å². The zero-order valence-corrected chi connectivity index (χ0v) is 23.5. The fourth-order valence-corrected chi connectivity index (χ4v) is 5.34. The number of morpholine rings is 1. The lowest BCUT2D eigenvalue weighted by atomic mass is 9.98. The van der Waals surface area contributed by atoms with E-state index in [-0.39, 0.29) is 33.6 Å². The van der Waals surface area contributed by atoms with Gasteiger partial charge in [0.25, 0.3) is 0 Å². The average molecular weight is 561 g/mol. The van der Waals surface area contributed by atoms with Gasteiger partial charge in [-0.2, -0.15) is 4.98 Å². The molecule has 0 bridgehead atoms. The van der Waals surface area contributed by atoms with Crippen molar-refractivity contribution in [2.45, 2.75) is 25.7 Å². The first kappa shape index (κ1) is 27.9. The standard InChI is InChI=1S/C26H33ClN6O4S/c1-26(2,3)17-29-38(34,35)23-8-6-5-7-21(23)30-24-19(27)16-28-25(32-24)31-20-10-9-18(15-22(20)36-4)33-11-13-37-14-12-33/h5-10,15-16,29H,11-14,17H2,1-4H3,(H2,28,30,31,32). The van der Waals surface area contributed by atoms with Crippen molar-refractivity contribution in [3.63, 3.8) is 0 Å². The Morgan fingerprint density at radius 1 is 1.08 bits per heavy atom. The number of anilines is 5. The molecule has 1 aliphatic rings. The summed E-state index contributed by atoms with van der Waals surface area (Å²) in [6.45, 7) is 9.17. The molecule has 12 heteroatoms. The zero-order chi connectivity index (χ0) is 27.3. The Morgan fingerprint density at radius 2 is 1.82 bits per heavy atom. The second-order valence-electron chi connectivity index (χ2n) is 10.0. The van der Waals surface area contributed by atoms with Crippen LogP contribution in [0.2, 0.25) is 5.02 Å². The van der Waals surface area contributed by atoms with Gasteiger partial charge in [0.1, 0.15) is 15.7 Å². The van der Waals surface area contributed by atoms with Gasteiger partial charge in [-0.1, -0.05) is 44.5 Å². The topological polar surface area (TPSA) is 118 Å². The third-order valence-corrected chi connectivity index (χ3v) is 7.51. The van der Waals surface area contributed by atoms with Crippen LogP contribution >= 0.6 is 11.6 Å². The van der Waals surface area contributed by atoms with E-state index in [2.05, 4.69) is 30.2 Å². The third kappa shape index (κ3) is 7.04. The molecule has 1 aliphatic heterocycles. The molecule has 0 aliphatic carbocycles. The number of hydrogen-bond acceptors (Lipinski definition) is 9. The van der Waals surface area contributed by atoms with E-state index in [4.69, 9.17) is 21.1 Å². The summed E-state index contributed by atoms with van der Waals surface area (Å²) in [5.41, 5.74) is 1.83. The van der Waals surface area contributed by atoms with Crippen LogP contribution in [0, 0.1) is 5.41 Å². The largest absolute Gasteiger partial charge is 0.494 e. The van der Waals surface area contributed by atoms with Crippen molar-refractivity contribution in [2.75, 3.05) is 55.5 Å². The first-order chi connectivity index (χ1) is 18.1. The Morgan fingerprint density at radius 3 is 2.53 bits per heavy atom. The maximum Gasteiger partial charge on any atom is 0.242 e. The van der Waals surface area contributed by atoms with Gasteiger partial charge in [-0.15, -0.1) is 0 Å². The average Bonchev–Trinajstić information content (AvgIpc) is 2.90. The van der Waals surface area contributed by atoms with Crippen LogP contribution in [0.25, 0.3) is 0 Å². The number of rotatable bonds is 9. The van der Waals surface area contributed by atoms with E-state index in [0.717, 1.165) is 18.8 Å². The molecule has 0 radical (unpaired) electrons. The first-order valence-corrected chi connectivity index (χ1v) is 14.1. The van der Waals surface area contributed by atoms with Gasteiger partial charge in [0.05, 0.1) is 37.9 Å². The molecule has 2 heterocycles. The molecule has 1 saturated heterocycles. The smallest absolute Gasteiger partial charge is 0.242 e. The summed E-state index contributed by atoms with van der Waals surface area (Å²) >= 11 is 6.38. The van der Waals surface area contributed by atoms with Crippen LogP contribution in [0.1, 0.15) is 20.8 Å². The highest BCUT2D eigenvalue weighted by Crippen LogP contribution is 2.33.